The van der Waals surface area contributed by atoms with Gasteiger partial charge in [0.15, 0.2) is 10.8 Å². The Morgan fingerprint density at radius 1 is 1.28 bits per heavy atom. The Morgan fingerprint density at radius 2 is 2.03 bits per heavy atom. The molecule has 0 atom stereocenters. The number of alkyl halides is 2. The van der Waals surface area contributed by atoms with Crippen LogP contribution in [0.5, 0.6) is 5.75 Å². The number of benzene rings is 1. The van der Waals surface area contributed by atoms with Crippen molar-refractivity contribution in [2.75, 3.05) is 18.2 Å². The number of methoxy groups -OCH3 is 1. The van der Waals surface area contributed by atoms with E-state index >= 15 is 0 Å². The van der Waals surface area contributed by atoms with Crippen LogP contribution in [0, 0.1) is 6.92 Å². The number of hydrogen-bond donors (Lipinski definition) is 2. The van der Waals surface area contributed by atoms with Crippen LogP contribution >= 0.6 is 23.4 Å². The summed E-state index contributed by atoms with van der Waals surface area (Å²) < 4.78 is 33.5. The fraction of sp³-hybridized carbons (Fsp3) is 0.211. The van der Waals surface area contributed by atoms with Crippen molar-refractivity contribution in [1.29, 1.82) is 0 Å². The summed E-state index contributed by atoms with van der Waals surface area (Å²) in [6.07, 6.45) is 0. The number of H-pyrrole nitrogens is 1. The zero-order chi connectivity index (χ0) is 23.4. The normalized spacial score (nSPS) is 10.9. The Balaban J connectivity index is 1.73. The lowest BCUT2D eigenvalue weighted by atomic mass is 10.1. The van der Waals surface area contributed by atoms with E-state index in [1.165, 1.54) is 31.4 Å². The Bertz CT molecular complexity index is 1250. The maximum atomic E-state index is 12.5. The number of nitrogens with zero attached hydrogens (tertiary/aromatic N) is 2. The molecule has 0 radical (unpaired) electrons. The van der Waals surface area contributed by atoms with E-state index < -0.39 is 24.0 Å². The largest absolute Gasteiger partial charge is 0.465 e. The summed E-state index contributed by atoms with van der Waals surface area (Å²) in [5.41, 5.74) is 0.197. The number of nitrogens with one attached hydrogen (secondary N) is 2. The highest BCUT2D eigenvalue weighted by Gasteiger charge is 2.18. The van der Waals surface area contributed by atoms with Crippen LogP contribution in [0.3, 0.4) is 0 Å². The van der Waals surface area contributed by atoms with Crippen molar-refractivity contribution in [3.63, 3.8) is 0 Å². The van der Waals surface area contributed by atoms with Crippen LogP contribution in [-0.2, 0) is 9.53 Å². The van der Waals surface area contributed by atoms with Gasteiger partial charge < -0.3 is 19.8 Å². The van der Waals surface area contributed by atoms with Crippen molar-refractivity contribution >= 4 is 52.0 Å². The number of thioether (sulfide) groups is 1. The molecule has 2 aromatic heterocycles. The molecule has 0 fully saturated rings. The number of aromatic amines is 1. The lowest BCUT2D eigenvalue weighted by molar-refractivity contribution is -0.113. The van der Waals surface area contributed by atoms with Crippen LogP contribution < -0.4 is 15.6 Å². The fourth-order valence-electron chi connectivity index (χ4n) is 2.69. The van der Waals surface area contributed by atoms with Crippen molar-refractivity contribution < 1.29 is 27.8 Å². The first kappa shape index (κ1) is 23.4. The van der Waals surface area contributed by atoms with Gasteiger partial charge in [-0.15, -0.1) is 0 Å². The molecule has 0 saturated carbocycles. The van der Waals surface area contributed by atoms with Gasteiger partial charge in [0, 0.05) is 11.4 Å². The molecule has 168 valence electrons. The number of ether oxygens (including phenoxy) is 2. The van der Waals surface area contributed by atoms with Gasteiger partial charge in [-0.3, -0.25) is 9.59 Å². The van der Waals surface area contributed by atoms with Crippen LogP contribution in [-0.4, -0.2) is 46.3 Å². The number of fused-ring (bicyclic) bond motifs is 1. The van der Waals surface area contributed by atoms with Gasteiger partial charge in [-0.25, -0.2) is 14.8 Å². The Kier molecular flexibility index (Phi) is 7.26. The minimum absolute atomic E-state index is 0.0167. The zero-order valence-electron chi connectivity index (χ0n) is 16.6. The Labute approximate surface area is 188 Å². The summed E-state index contributed by atoms with van der Waals surface area (Å²) in [6, 6.07) is 5.24. The van der Waals surface area contributed by atoms with E-state index in [1.54, 1.807) is 6.92 Å². The molecule has 0 saturated heterocycles. The highest BCUT2D eigenvalue weighted by atomic mass is 35.5. The highest BCUT2D eigenvalue weighted by molar-refractivity contribution is 7.99. The molecule has 3 aromatic rings. The number of amides is 1. The number of hydrogen-bond acceptors (Lipinski definition) is 8. The molecular weight excluding hydrogens is 470 g/mol. The molecule has 3 rings (SSSR count). The van der Waals surface area contributed by atoms with Gasteiger partial charge in [0.25, 0.3) is 5.56 Å². The number of carbonyl (C=O) groups excluding carboxylic acids is 2. The lowest BCUT2D eigenvalue weighted by Gasteiger charge is -2.10. The van der Waals surface area contributed by atoms with E-state index in [1.807, 2.05) is 0 Å². The van der Waals surface area contributed by atoms with E-state index in [4.69, 9.17) is 16.3 Å². The van der Waals surface area contributed by atoms with Crippen molar-refractivity contribution in [2.24, 2.45) is 0 Å². The molecule has 2 N–H and O–H groups in total. The second kappa shape index (κ2) is 9.92. The third-order valence-corrected chi connectivity index (χ3v) is 5.13. The van der Waals surface area contributed by atoms with E-state index in [9.17, 15) is 23.2 Å². The molecule has 0 aliphatic carbocycles. The number of anilines is 1. The van der Waals surface area contributed by atoms with Gasteiger partial charge in [0.1, 0.15) is 5.75 Å². The summed E-state index contributed by atoms with van der Waals surface area (Å²) in [4.78, 5) is 47.6. The third kappa shape index (κ3) is 5.51. The van der Waals surface area contributed by atoms with Crippen LogP contribution in [0.1, 0.15) is 16.1 Å². The van der Waals surface area contributed by atoms with Crippen LogP contribution in [0.25, 0.3) is 11.0 Å². The van der Waals surface area contributed by atoms with Crippen LogP contribution in [0.4, 0.5) is 14.5 Å². The maximum absolute atomic E-state index is 12.5. The smallest absolute Gasteiger partial charge is 0.387 e. The number of carbonyl (C=O) groups is 2. The quantitative estimate of drug-likeness (QED) is 0.297. The molecule has 1 aromatic carbocycles. The first-order valence-electron chi connectivity index (χ1n) is 8.85. The van der Waals surface area contributed by atoms with E-state index in [-0.39, 0.29) is 44.0 Å². The molecular formula is C19H15ClF2N4O5S. The topological polar surface area (TPSA) is 123 Å². The Morgan fingerprint density at radius 3 is 2.69 bits per heavy atom. The minimum Gasteiger partial charge on any atom is -0.465 e. The second-order valence-corrected chi connectivity index (χ2v) is 7.60. The van der Waals surface area contributed by atoms with Crippen molar-refractivity contribution in [3.8, 4) is 5.75 Å². The highest BCUT2D eigenvalue weighted by Crippen LogP contribution is 2.29. The number of esters is 1. The molecule has 0 bridgehead atoms. The standard InChI is InChI=1S/C19H15ClF2N4O5S/c1-8-5-10(17(29)30-2)14-15(23-8)25-19(26-16(14)28)32-7-13(27)24-9-3-4-12(11(20)6-9)31-18(21)22/h3-6,18H,7H2,1-2H3,(H,24,27)(H,23,25,26,28). The van der Waals surface area contributed by atoms with Gasteiger partial charge >= 0.3 is 12.6 Å². The van der Waals surface area contributed by atoms with Crippen LogP contribution in [0.2, 0.25) is 5.02 Å². The Hall–Kier alpha value is -3.25. The molecule has 0 aliphatic rings. The summed E-state index contributed by atoms with van der Waals surface area (Å²) in [7, 11) is 1.20. The van der Waals surface area contributed by atoms with Gasteiger partial charge in [0.2, 0.25) is 5.91 Å². The molecule has 0 spiro atoms. The van der Waals surface area contributed by atoms with Crippen molar-refractivity contribution in [1.82, 2.24) is 15.0 Å². The van der Waals surface area contributed by atoms with E-state index in [2.05, 4.69) is 25.0 Å². The number of pyridine rings is 1. The number of aromatic nitrogens is 3. The van der Waals surface area contributed by atoms with Gasteiger partial charge in [-0.05, 0) is 31.2 Å². The zero-order valence-corrected chi connectivity index (χ0v) is 18.1. The molecule has 1 amide bonds. The number of aryl methyl sites for hydroxylation is 1. The minimum atomic E-state index is -3.03. The summed E-state index contributed by atoms with van der Waals surface area (Å²) in [6.45, 7) is -1.39. The predicted molar refractivity (Wildman–Crippen MR) is 114 cm³/mol. The monoisotopic (exact) mass is 484 g/mol. The SMILES string of the molecule is COC(=O)c1cc(C)nc2nc(SCC(=O)Nc3ccc(OC(F)F)c(Cl)c3)[nH]c(=O)c12. The van der Waals surface area contributed by atoms with Gasteiger partial charge in [0.05, 0.1) is 28.8 Å². The number of halogens is 3. The average Bonchev–Trinajstić information content (AvgIpc) is 2.72. The van der Waals surface area contributed by atoms with Gasteiger partial charge in [-0.2, -0.15) is 8.78 Å². The predicted octanol–water partition coefficient (Wildman–Crippen LogP) is 3.40. The lowest BCUT2D eigenvalue weighted by Crippen LogP contribution is -2.18. The van der Waals surface area contributed by atoms with Crippen molar-refractivity contribution in [3.05, 3.63) is 50.9 Å². The summed E-state index contributed by atoms with van der Waals surface area (Å²) >= 11 is 6.78. The van der Waals surface area contributed by atoms with Crippen molar-refractivity contribution in [2.45, 2.75) is 18.7 Å². The molecule has 32 heavy (non-hydrogen) atoms. The molecule has 0 aliphatic heterocycles. The van der Waals surface area contributed by atoms with Crippen LogP contribution in [0.15, 0.2) is 34.2 Å². The summed E-state index contributed by atoms with van der Waals surface area (Å²) in [5.74, 6) is -1.53. The molecule has 9 nitrogen and oxygen atoms in total. The maximum Gasteiger partial charge on any atom is 0.387 e. The van der Waals surface area contributed by atoms with Gasteiger partial charge in [-0.1, -0.05) is 23.4 Å². The van der Waals surface area contributed by atoms with E-state index in [0.717, 1.165) is 11.8 Å². The average molecular weight is 485 g/mol. The first-order valence-corrected chi connectivity index (χ1v) is 10.2. The molecule has 13 heteroatoms. The van der Waals surface area contributed by atoms with E-state index in [0.29, 0.717) is 5.69 Å². The second-order valence-electron chi connectivity index (χ2n) is 6.23. The third-order valence-electron chi connectivity index (χ3n) is 3.96. The molecule has 0 unspecified atom stereocenters. The summed E-state index contributed by atoms with van der Waals surface area (Å²) in [5, 5.41) is 2.54. The first-order chi connectivity index (χ1) is 15.2. The fourth-order valence-corrected chi connectivity index (χ4v) is 3.57. The number of rotatable bonds is 7. The molecule has 2 heterocycles.